The molecule has 2 N–H and O–H groups in total. The van der Waals surface area contributed by atoms with Gasteiger partial charge in [0.05, 0.1) is 11.5 Å². The summed E-state index contributed by atoms with van der Waals surface area (Å²) in [6, 6.07) is 6.68. The zero-order chi connectivity index (χ0) is 19.2. The molecule has 27 heavy (non-hydrogen) atoms. The number of nitrogens with one attached hydrogen (secondary N) is 2. The van der Waals surface area contributed by atoms with Crippen LogP contribution < -0.4 is 15.4 Å². The number of hydrogen-bond donors (Lipinski definition) is 2. The number of piperidine rings is 1. The summed E-state index contributed by atoms with van der Waals surface area (Å²) in [6.07, 6.45) is 1.08. The Hall–Kier alpha value is -1.35. The first kappa shape index (κ1) is 23.7. The quantitative estimate of drug-likeness (QED) is 0.668. The number of benzene rings is 1. The predicted octanol–water partition coefficient (Wildman–Crippen LogP) is 1.63. The van der Waals surface area contributed by atoms with Gasteiger partial charge in [0.15, 0.2) is 0 Å². The highest BCUT2D eigenvalue weighted by Crippen LogP contribution is 2.25. The van der Waals surface area contributed by atoms with E-state index in [-0.39, 0.29) is 35.2 Å². The van der Waals surface area contributed by atoms with Crippen LogP contribution in [0.4, 0.5) is 0 Å². The SMILES string of the molecule is CCOc1ccc(S(=O)(=O)N2CCC(C(=O)NCC(C)NC)CC2)cc1.Cl. The van der Waals surface area contributed by atoms with Crippen molar-refractivity contribution in [2.45, 2.75) is 37.6 Å². The molecular formula is C18H30ClN3O4S. The molecule has 1 aliphatic rings. The van der Waals surface area contributed by atoms with Crippen molar-refractivity contribution >= 4 is 28.3 Å². The van der Waals surface area contributed by atoms with E-state index in [2.05, 4.69) is 10.6 Å². The Balaban J connectivity index is 0.00000364. The van der Waals surface area contributed by atoms with Crippen molar-refractivity contribution in [3.05, 3.63) is 24.3 Å². The average Bonchev–Trinajstić information content (AvgIpc) is 2.66. The van der Waals surface area contributed by atoms with Gasteiger partial charge in [0, 0.05) is 31.6 Å². The van der Waals surface area contributed by atoms with E-state index in [4.69, 9.17) is 4.74 Å². The maximum Gasteiger partial charge on any atom is 0.243 e. The lowest BCUT2D eigenvalue weighted by Gasteiger charge is -2.30. The number of carbonyl (C=O) groups excluding carboxylic acids is 1. The molecule has 0 spiro atoms. The second-order valence-corrected chi connectivity index (χ2v) is 8.46. The summed E-state index contributed by atoms with van der Waals surface area (Å²) < 4.78 is 32.3. The number of likely N-dealkylation sites (N-methyl/N-ethyl adjacent to an activating group) is 1. The highest BCUT2D eigenvalue weighted by atomic mass is 35.5. The van der Waals surface area contributed by atoms with Gasteiger partial charge < -0.3 is 15.4 Å². The third-order valence-electron chi connectivity index (χ3n) is 4.67. The maximum absolute atomic E-state index is 12.8. The summed E-state index contributed by atoms with van der Waals surface area (Å²) in [4.78, 5) is 12.5. The molecule has 1 unspecified atom stereocenters. The summed E-state index contributed by atoms with van der Waals surface area (Å²) >= 11 is 0. The number of sulfonamides is 1. The lowest BCUT2D eigenvalue weighted by Crippen LogP contribution is -2.45. The maximum atomic E-state index is 12.8. The van der Waals surface area contributed by atoms with E-state index in [0.717, 1.165) is 0 Å². The third-order valence-corrected chi connectivity index (χ3v) is 6.59. The number of rotatable bonds is 8. The summed E-state index contributed by atoms with van der Waals surface area (Å²) in [7, 11) is -1.69. The van der Waals surface area contributed by atoms with Crippen molar-refractivity contribution in [1.82, 2.24) is 14.9 Å². The van der Waals surface area contributed by atoms with E-state index in [1.807, 2.05) is 20.9 Å². The molecule has 2 rings (SSSR count). The molecule has 1 saturated heterocycles. The molecule has 0 saturated carbocycles. The number of carbonyl (C=O) groups is 1. The minimum Gasteiger partial charge on any atom is -0.494 e. The molecule has 1 aromatic rings. The molecule has 1 atom stereocenters. The Kier molecular flexibility index (Phi) is 9.52. The predicted molar refractivity (Wildman–Crippen MR) is 108 cm³/mol. The summed E-state index contributed by atoms with van der Waals surface area (Å²) in [5.41, 5.74) is 0. The topological polar surface area (TPSA) is 87.7 Å². The van der Waals surface area contributed by atoms with Crippen LogP contribution in [0.15, 0.2) is 29.2 Å². The summed E-state index contributed by atoms with van der Waals surface area (Å²) in [5, 5.41) is 5.99. The second-order valence-electron chi connectivity index (χ2n) is 6.52. The van der Waals surface area contributed by atoms with E-state index >= 15 is 0 Å². The average molecular weight is 420 g/mol. The largest absolute Gasteiger partial charge is 0.494 e. The van der Waals surface area contributed by atoms with Crippen LogP contribution in [0.5, 0.6) is 5.75 Å². The normalized spacial score (nSPS) is 17.0. The monoisotopic (exact) mass is 419 g/mol. The highest BCUT2D eigenvalue weighted by molar-refractivity contribution is 7.89. The first-order chi connectivity index (χ1) is 12.4. The fourth-order valence-corrected chi connectivity index (χ4v) is 4.35. The Morgan fingerprint density at radius 1 is 1.26 bits per heavy atom. The van der Waals surface area contributed by atoms with Crippen LogP contribution in [0.1, 0.15) is 26.7 Å². The zero-order valence-electron chi connectivity index (χ0n) is 16.1. The molecule has 1 aromatic carbocycles. The van der Waals surface area contributed by atoms with Crippen LogP contribution in [0.25, 0.3) is 0 Å². The van der Waals surface area contributed by atoms with Gasteiger partial charge in [-0.05, 0) is 58.0 Å². The number of halogens is 1. The summed E-state index contributed by atoms with van der Waals surface area (Å²) in [6.45, 7) is 5.69. The highest BCUT2D eigenvalue weighted by Gasteiger charge is 2.32. The van der Waals surface area contributed by atoms with Crippen molar-refractivity contribution in [1.29, 1.82) is 0 Å². The first-order valence-corrected chi connectivity index (χ1v) is 10.5. The first-order valence-electron chi connectivity index (χ1n) is 9.06. The van der Waals surface area contributed by atoms with E-state index in [1.165, 1.54) is 4.31 Å². The van der Waals surface area contributed by atoms with Gasteiger partial charge in [-0.3, -0.25) is 4.79 Å². The fourth-order valence-electron chi connectivity index (χ4n) is 2.88. The molecule has 7 nitrogen and oxygen atoms in total. The van der Waals surface area contributed by atoms with Gasteiger partial charge in [0.1, 0.15) is 5.75 Å². The van der Waals surface area contributed by atoms with Gasteiger partial charge in [-0.2, -0.15) is 4.31 Å². The van der Waals surface area contributed by atoms with Gasteiger partial charge >= 0.3 is 0 Å². The zero-order valence-corrected chi connectivity index (χ0v) is 17.7. The lowest BCUT2D eigenvalue weighted by atomic mass is 9.97. The Bertz CT molecular complexity index is 689. The second kappa shape index (κ2) is 10.8. The molecule has 1 fully saturated rings. The van der Waals surface area contributed by atoms with Crippen LogP contribution in [-0.2, 0) is 14.8 Å². The standard InChI is InChI=1S/C18H29N3O4S.ClH/c1-4-25-16-5-7-17(8-6-16)26(23,24)21-11-9-15(10-12-21)18(22)20-13-14(2)19-3;/h5-8,14-15,19H,4,9-13H2,1-3H3,(H,20,22);1H. The van der Waals surface area contributed by atoms with Crippen molar-refractivity contribution in [3.8, 4) is 5.75 Å². The van der Waals surface area contributed by atoms with Crippen LogP contribution in [0.3, 0.4) is 0 Å². The number of amides is 1. The van der Waals surface area contributed by atoms with Gasteiger partial charge in [-0.1, -0.05) is 0 Å². The molecule has 0 aliphatic carbocycles. The molecular weight excluding hydrogens is 390 g/mol. The van der Waals surface area contributed by atoms with E-state index in [0.29, 0.717) is 44.8 Å². The van der Waals surface area contributed by atoms with Gasteiger partial charge in [-0.15, -0.1) is 12.4 Å². The minimum atomic E-state index is -3.54. The van der Waals surface area contributed by atoms with Crippen LogP contribution in [0.2, 0.25) is 0 Å². The molecule has 0 radical (unpaired) electrons. The molecule has 1 amide bonds. The molecule has 0 bridgehead atoms. The number of hydrogen-bond acceptors (Lipinski definition) is 5. The van der Waals surface area contributed by atoms with E-state index in [9.17, 15) is 13.2 Å². The van der Waals surface area contributed by atoms with Crippen molar-refractivity contribution in [2.75, 3.05) is 33.3 Å². The number of nitrogens with zero attached hydrogens (tertiary/aromatic N) is 1. The molecule has 1 heterocycles. The minimum absolute atomic E-state index is 0. The third kappa shape index (κ3) is 6.34. The molecule has 154 valence electrons. The van der Waals surface area contributed by atoms with Crippen LogP contribution >= 0.6 is 12.4 Å². The van der Waals surface area contributed by atoms with Crippen LogP contribution in [-0.4, -0.2) is 58.0 Å². The van der Waals surface area contributed by atoms with E-state index < -0.39 is 10.0 Å². The Morgan fingerprint density at radius 3 is 2.37 bits per heavy atom. The molecule has 0 aromatic heterocycles. The molecule has 1 aliphatic heterocycles. The lowest BCUT2D eigenvalue weighted by molar-refractivity contribution is -0.126. The van der Waals surface area contributed by atoms with Gasteiger partial charge in [0.25, 0.3) is 0 Å². The van der Waals surface area contributed by atoms with Crippen LogP contribution in [0, 0.1) is 5.92 Å². The Morgan fingerprint density at radius 2 is 1.85 bits per heavy atom. The number of ether oxygens (including phenoxy) is 1. The smallest absolute Gasteiger partial charge is 0.243 e. The molecule has 9 heteroatoms. The van der Waals surface area contributed by atoms with E-state index in [1.54, 1.807) is 24.3 Å². The van der Waals surface area contributed by atoms with Crippen molar-refractivity contribution in [3.63, 3.8) is 0 Å². The van der Waals surface area contributed by atoms with Crippen molar-refractivity contribution in [2.24, 2.45) is 5.92 Å². The van der Waals surface area contributed by atoms with Gasteiger partial charge in [-0.25, -0.2) is 8.42 Å². The summed E-state index contributed by atoms with van der Waals surface area (Å²) in [5.74, 6) is 0.522. The Labute approximate surface area is 168 Å². The van der Waals surface area contributed by atoms with Crippen molar-refractivity contribution < 1.29 is 17.9 Å². The van der Waals surface area contributed by atoms with Gasteiger partial charge in [0.2, 0.25) is 15.9 Å². The fraction of sp³-hybridized carbons (Fsp3) is 0.611.